The number of esters is 1. The van der Waals surface area contributed by atoms with E-state index in [2.05, 4.69) is 10.3 Å². The first-order valence-corrected chi connectivity index (χ1v) is 9.43. The number of halogens is 3. The standard InChI is InChI=1S/C21H20F3N3O5/c1-13-4-3-5-18-25-16(11-27(13)18)20(29)32-12-19(28)26-15-10-14(21(22,23)24)6-7-17(15)31-9-8-30-2/h3-7,10-11H,8-9,12H2,1-2H3,(H,26,28). The highest BCUT2D eigenvalue weighted by Gasteiger charge is 2.31. The predicted octanol–water partition coefficient (Wildman–Crippen LogP) is 3.48. The first-order valence-electron chi connectivity index (χ1n) is 9.43. The minimum Gasteiger partial charge on any atom is -0.489 e. The van der Waals surface area contributed by atoms with Gasteiger partial charge in [-0.15, -0.1) is 0 Å². The molecule has 2 heterocycles. The fourth-order valence-electron chi connectivity index (χ4n) is 2.80. The van der Waals surface area contributed by atoms with Gasteiger partial charge in [0, 0.05) is 19.0 Å². The van der Waals surface area contributed by atoms with Crippen molar-refractivity contribution in [3.63, 3.8) is 0 Å². The number of alkyl halides is 3. The lowest BCUT2D eigenvalue weighted by Gasteiger charge is -2.15. The number of anilines is 1. The molecular weight excluding hydrogens is 431 g/mol. The molecule has 1 aromatic carbocycles. The monoisotopic (exact) mass is 451 g/mol. The number of methoxy groups -OCH3 is 1. The highest BCUT2D eigenvalue weighted by Crippen LogP contribution is 2.35. The third-order valence-electron chi connectivity index (χ3n) is 4.37. The van der Waals surface area contributed by atoms with Crippen LogP contribution in [-0.2, 0) is 20.4 Å². The van der Waals surface area contributed by atoms with Crippen LogP contribution in [0.5, 0.6) is 5.75 Å². The third-order valence-corrected chi connectivity index (χ3v) is 4.37. The molecule has 3 rings (SSSR count). The number of ether oxygens (including phenoxy) is 3. The van der Waals surface area contributed by atoms with Gasteiger partial charge in [-0.25, -0.2) is 9.78 Å². The fraction of sp³-hybridized carbons (Fsp3) is 0.286. The van der Waals surface area contributed by atoms with E-state index in [-0.39, 0.29) is 30.3 Å². The summed E-state index contributed by atoms with van der Waals surface area (Å²) in [5, 5.41) is 2.28. The Morgan fingerprint density at radius 3 is 2.62 bits per heavy atom. The molecule has 0 saturated carbocycles. The van der Waals surface area contributed by atoms with Gasteiger partial charge in [0.2, 0.25) is 0 Å². The van der Waals surface area contributed by atoms with Gasteiger partial charge in [-0.05, 0) is 37.3 Å². The Bertz CT molecular complexity index is 1130. The van der Waals surface area contributed by atoms with Crippen LogP contribution in [0, 0.1) is 6.92 Å². The normalized spacial score (nSPS) is 11.4. The molecule has 0 unspecified atom stereocenters. The van der Waals surface area contributed by atoms with Gasteiger partial charge in [0.05, 0.1) is 17.9 Å². The summed E-state index contributed by atoms with van der Waals surface area (Å²) in [6.45, 7) is 1.37. The molecule has 3 aromatic rings. The third kappa shape index (κ3) is 5.55. The number of aromatic nitrogens is 2. The summed E-state index contributed by atoms with van der Waals surface area (Å²) in [4.78, 5) is 28.6. The molecule has 0 radical (unpaired) electrons. The highest BCUT2D eigenvalue weighted by molar-refractivity contribution is 5.96. The summed E-state index contributed by atoms with van der Waals surface area (Å²) in [5.74, 6) is -1.66. The topological polar surface area (TPSA) is 91.2 Å². The number of carbonyl (C=O) groups excluding carboxylic acids is 2. The largest absolute Gasteiger partial charge is 0.489 e. The number of carbonyl (C=O) groups is 2. The van der Waals surface area contributed by atoms with Gasteiger partial charge in [0.25, 0.3) is 5.91 Å². The smallest absolute Gasteiger partial charge is 0.416 e. The van der Waals surface area contributed by atoms with Crippen molar-refractivity contribution in [2.75, 3.05) is 32.2 Å². The maximum absolute atomic E-state index is 13.0. The number of pyridine rings is 1. The maximum Gasteiger partial charge on any atom is 0.416 e. The van der Waals surface area contributed by atoms with Crippen molar-refractivity contribution >= 4 is 23.2 Å². The van der Waals surface area contributed by atoms with Crippen molar-refractivity contribution in [3.05, 3.63) is 59.5 Å². The van der Waals surface area contributed by atoms with Gasteiger partial charge in [-0.2, -0.15) is 13.2 Å². The maximum atomic E-state index is 13.0. The number of amides is 1. The number of fused-ring (bicyclic) bond motifs is 1. The van der Waals surface area contributed by atoms with Gasteiger partial charge in [-0.3, -0.25) is 4.79 Å². The molecule has 0 aliphatic heterocycles. The number of hydrogen-bond acceptors (Lipinski definition) is 6. The molecule has 170 valence electrons. The summed E-state index contributed by atoms with van der Waals surface area (Å²) in [6.07, 6.45) is -3.14. The van der Waals surface area contributed by atoms with Gasteiger partial charge < -0.3 is 23.9 Å². The Morgan fingerprint density at radius 1 is 1.16 bits per heavy atom. The van der Waals surface area contributed by atoms with Gasteiger partial charge in [0.1, 0.15) is 18.0 Å². The number of imidazole rings is 1. The van der Waals surface area contributed by atoms with E-state index < -0.39 is 30.2 Å². The zero-order valence-electron chi connectivity index (χ0n) is 17.2. The van der Waals surface area contributed by atoms with E-state index in [1.54, 1.807) is 16.5 Å². The van der Waals surface area contributed by atoms with Crippen molar-refractivity contribution in [2.45, 2.75) is 13.1 Å². The summed E-state index contributed by atoms with van der Waals surface area (Å²) < 4.78 is 56.0. The SMILES string of the molecule is COCCOc1ccc(C(F)(F)F)cc1NC(=O)COC(=O)c1cn2c(C)cccc2n1. The molecule has 32 heavy (non-hydrogen) atoms. The van der Waals surface area contributed by atoms with Crippen LogP contribution >= 0.6 is 0 Å². The molecule has 0 spiro atoms. The Hall–Kier alpha value is -3.60. The molecular formula is C21H20F3N3O5. The van der Waals surface area contributed by atoms with Crippen LogP contribution in [0.4, 0.5) is 18.9 Å². The number of nitrogens with zero attached hydrogens (tertiary/aromatic N) is 2. The number of benzene rings is 1. The quantitative estimate of drug-likeness (QED) is 0.417. The number of aryl methyl sites for hydroxylation is 1. The molecule has 2 aromatic heterocycles. The zero-order valence-corrected chi connectivity index (χ0v) is 17.2. The molecule has 1 amide bonds. The molecule has 8 nitrogen and oxygen atoms in total. The average Bonchev–Trinajstić information content (AvgIpc) is 3.18. The number of hydrogen-bond donors (Lipinski definition) is 1. The van der Waals surface area contributed by atoms with Crippen molar-refractivity contribution in [3.8, 4) is 5.75 Å². The Kier molecular flexibility index (Phi) is 6.98. The Labute approximate surface area is 180 Å². The molecule has 0 fully saturated rings. The molecule has 0 saturated heterocycles. The predicted molar refractivity (Wildman–Crippen MR) is 108 cm³/mol. The second kappa shape index (κ2) is 9.69. The van der Waals surface area contributed by atoms with Gasteiger partial charge >= 0.3 is 12.1 Å². The number of nitrogens with one attached hydrogen (secondary N) is 1. The summed E-state index contributed by atoms with van der Waals surface area (Å²) >= 11 is 0. The van der Waals surface area contributed by atoms with E-state index in [1.165, 1.54) is 13.3 Å². The summed E-state index contributed by atoms with van der Waals surface area (Å²) in [6, 6.07) is 7.99. The van der Waals surface area contributed by atoms with Crippen LogP contribution in [0.1, 0.15) is 21.7 Å². The Balaban J connectivity index is 1.68. The van der Waals surface area contributed by atoms with Gasteiger partial charge in [-0.1, -0.05) is 6.07 Å². The number of rotatable bonds is 8. The lowest BCUT2D eigenvalue weighted by molar-refractivity contribution is -0.137. The van der Waals surface area contributed by atoms with Crippen molar-refractivity contribution < 1.29 is 37.0 Å². The van der Waals surface area contributed by atoms with Crippen LogP contribution in [0.15, 0.2) is 42.6 Å². The van der Waals surface area contributed by atoms with Crippen molar-refractivity contribution in [2.24, 2.45) is 0 Å². The first-order chi connectivity index (χ1) is 15.2. The van der Waals surface area contributed by atoms with Gasteiger partial charge in [0.15, 0.2) is 12.3 Å². The van der Waals surface area contributed by atoms with E-state index in [4.69, 9.17) is 14.2 Å². The first kappa shape index (κ1) is 23.1. The second-order valence-corrected chi connectivity index (χ2v) is 6.70. The summed E-state index contributed by atoms with van der Waals surface area (Å²) in [5.41, 5.74) is 0.194. The molecule has 1 N–H and O–H groups in total. The van der Waals surface area contributed by atoms with Crippen molar-refractivity contribution in [1.29, 1.82) is 0 Å². The van der Waals surface area contributed by atoms with E-state index in [0.29, 0.717) is 5.65 Å². The van der Waals surface area contributed by atoms with Crippen LogP contribution < -0.4 is 10.1 Å². The fourth-order valence-corrected chi connectivity index (χ4v) is 2.80. The zero-order chi connectivity index (χ0) is 23.3. The lowest BCUT2D eigenvalue weighted by atomic mass is 10.1. The van der Waals surface area contributed by atoms with Crippen molar-refractivity contribution in [1.82, 2.24) is 9.38 Å². The van der Waals surface area contributed by atoms with Crippen LogP contribution in [0.3, 0.4) is 0 Å². The molecule has 11 heteroatoms. The van der Waals surface area contributed by atoms with E-state index >= 15 is 0 Å². The molecule has 0 aliphatic rings. The van der Waals surface area contributed by atoms with E-state index in [1.807, 2.05) is 13.0 Å². The molecule has 0 aliphatic carbocycles. The molecule has 0 atom stereocenters. The Morgan fingerprint density at radius 2 is 1.94 bits per heavy atom. The minimum absolute atomic E-state index is 0.00485. The van der Waals surface area contributed by atoms with Crippen LogP contribution in [-0.4, -0.2) is 48.2 Å². The van der Waals surface area contributed by atoms with E-state index in [9.17, 15) is 22.8 Å². The van der Waals surface area contributed by atoms with E-state index in [0.717, 1.165) is 23.9 Å². The average molecular weight is 451 g/mol. The van der Waals surface area contributed by atoms with Crippen LogP contribution in [0.2, 0.25) is 0 Å². The minimum atomic E-state index is -4.61. The highest BCUT2D eigenvalue weighted by atomic mass is 19.4. The van der Waals surface area contributed by atoms with Crippen LogP contribution in [0.25, 0.3) is 5.65 Å². The molecule has 0 bridgehead atoms. The summed E-state index contributed by atoms with van der Waals surface area (Å²) in [7, 11) is 1.44. The lowest BCUT2D eigenvalue weighted by Crippen LogP contribution is -2.22. The second-order valence-electron chi connectivity index (χ2n) is 6.70.